The molecule has 1 nitrogen and oxygen atoms in total. The molecule has 1 aromatic rings. The van der Waals surface area contributed by atoms with Gasteiger partial charge in [0.05, 0.1) is 5.56 Å². The summed E-state index contributed by atoms with van der Waals surface area (Å²) in [5.41, 5.74) is 1.42. The van der Waals surface area contributed by atoms with E-state index >= 15 is 0 Å². The van der Waals surface area contributed by atoms with Crippen LogP contribution >= 0.6 is 0 Å². The Bertz CT molecular complexity index is 365. The second-order valence-corrected chi connectivity index (χ2v) is 2.22. The molecule has 0 unspecified atom stereocenters. The molecule has 0 spiro atoms. The number of hydrogen-bond acceptors (Lipinski definition) is 1. The van der Waals surface area contributed by atoms with Crippen LogP contribution in [0.15, 0.2) is 24.3 Å². The number of hydrogen-bond donors (Lipinski definition) is 0. The van der Waals surface area contributed by atoms with Crippen molar-refractivity contribution in [2.75, 3.05) is 0 Å². The van der Waals surface area contributed by atoms with E-state index in [0.717, 1.165) is 5.56 Å². The van der Waals surface area contributed by atoms with E-state index in [2.05, 4.69) is 17.8 Å². The molecule has 0 saturated carbocycles. The summed E-state index contributed by atoms with van der Waals surface area (Å²) in [5.74, 6) is 5.70. The van der Waals surface area contributed by atoms with Crippen LogP contribution in [0.5, 0.6) is 0 Å². The highest BCUT2D eigenvalue weighted by Crippen LogP contribution is 2.04. The Morgan fingerprint density at radius 2 is 1.92 bits per heavy atom. The molecule has 0 aliphatic rings. The van der Waals surface area contributed by atoms with E-state index in [1.807, 2.05) is 25.0 Å². The lowest BCUT2D eigenvalue weighted by molar-refractivity contribution is 1.47. The van der Waals surface area contributed by atoms with Gasteiger partial charge in [-0.05, 0) is 12.1 Å². The van der Waals surface area contributed by atoms with Gasteiger partial charge in [0.1, 0.15) is 6.07 Å². The molecule has 0 saturated heterocycles. The average molecular weight is 152 g/mol. The normalized spacial score (nSPS) is 7.67. The Hall–Kier alpha value is -1.67. The third kappa shape index (κ3) is 1.91. The maximum absolute atomic E-state index is 8.69. The first-order valence-corrected chi connectivity index (χ1v) is 3.67. The molecule has 0 heterocycles. The molecule has 0 N–H and O–H groups in total. The van der Waals surface area contributed by atoms with Crippen LogP contribution in [0, 0.1) is 23.1 Å². The minimum absolute atomic E-state index is 0.631. The van der Waals surface area contributed by atoms with Gasteiger partial charge in [0.15, 0.2) is 0 Å². The maximum Gasteiger partial charge on any atom is 0.213 e. The van der Waals surface area contributed by atoms with Crippen LogP contribution in [-0.2, 0) is 0 Å². The second-order valence-electron chi connectivity index (χ2n) is 2.22. The van der Waals surface area contributed by atoms with E-state index in [4.69, 9.17) is 5.26 Å². The minimum Gasteiger partial charge on any atom is -0.192 e. The summed E-state index contributed by atoms with van der Waals surface area (Å²) in [7, 11) is 1.76. The van der Waals surface area contributed by atoms with Gasteiger partial charge in [-0.2, -0.15) is 11.1 Å². The fourth-order valence-corrected chi connectivity index (χ4v) is 0.840. The fraction of sp³-hybridized carbons (Fsp3) is 0.100. The molecular formula is C10H7BN. The fourth-order valence-electron chi connectivity index (χ4n) is 0.840. The van der Waals surface area contributed by atoms with Crippen LogP contribution in [0.4, 0.5) is 0 Å². The highest BCUT2D eigenvalue weighted by Gasteiger charge is 1.94. The largest absolute Gasteiger partial charge is 0.213 e. The monoisotopic (exact) mass is 152 g/mol. The molecule has 0 bridgehead atoms. The molecule has 0 amide bonds. The predicted molar refractivity (Wildman–Crippen MR) is 49.7 cm³/mol. The first-order chi connectivity index (χ1) is 5.88. The molecule has 0 aliphatic heterocycles. The second kappa shape index (κ2) is 4.26. The van der Waals surface area contributed by atoms with E-state index < -0.39 is 0 Å². The average Bonchev–Trinajstić information content (AvgIpc) is 2.15. The Morgan fingerprint density at radius 3 is 2.50 bits per heavy atom. The number of nitrogens with zero attached hydrogens (tertiary/aromatic N) is 1. The Balaban J connectivity index is 3.07. The SMILES string of the molecule is C[B]C#Cc1ccccc1C#N. The molecule has 1 radical (unpaired) electrons. The van der Waals surface area contributed by atoms with Gasteiger partial charge in [-0.25, -0.2) is 0 Å². The number of benzene rings is 1. The number of nitriles is 1. The lowest BCUT2D eigenvalue weighted by Crippen LogP contribution is -1.82. The Morgan fingerprint density at radius 1 is 1.25 bits per heavy atom. The molecule has 0 fully saturated rings. The predicted octanol–water partition coefficient (Wildman–Crippen LogP) is 1.62. The molecule has 2 heteroatoms. The van der Waals surface area contributed by atoms with Gasteiger partial charge in [-0.1, -0.05) is 24.9 Å². The Kier molecular flexibility index (Phi) is 2.99. The molecule has 55 valence electrons. The zero-order chi connectivity index (χ0) is 8.81. The molecular weight excluding hydrogens is 145 g/mol. The molecule has 0 aliphatic carbocycles. The van der Waals surface area contributed by atoms with E-state index in [0.29, 0.717) is 5.56 Å². The quantitative estimate of drug-likeness (QED) is 0.409. The minimum atomic E-state index is 0.631. The van der Waals surface area contributed by atoms with E-state index in [1.54, 1.807) is 13.3 Å². The third-order valence-electron chi connectivity index (χ3n) is 1.40. The molecule has 1 rings (SSSR count). The van der Waals surface area contributed by atoms with Crippen molar-refractivity contribution in [3.05, 3.63) is 35.4 Å². The van der Waals surface area contributed by atoms with Crippen molar-refractivity contribution in [2.45, 2.75) is 6.82 Å². The van der Waals surface area contributed by atoms with Gasteiger partial charge < -0.3 is 0 Å². The maximum atomic E-state index is 8.69. The summed E-state index contributed by atoms with van der Waals surface area (Å²) in [4.78, 5) is 0. The summed E-state index contributed by atoms with van der Waals surface area (Å²) in [5, 5.41) is 8.69. The van der Waals surface area contributed by atoms with E-state index in [-0.39, 0.29) is 0 Å². The number of rotatable bonds is 0. The van der Waals surface area contributed by atoms with Crippen molar-refractivity contribution in [2.24, 2.45) is 0 Å². The van der Waals surface area contributed by atoms with Crippen molar-refractivity contribution >= 4 is 7.28 Å². The van der Waals surface area contributed by atoms with Crippen LogP contribution in [0.1, 0.15) is 11.1 Å². The summed E-state index contributed by atoms with van der Waals surface area (Å²) in [6, 6.07) is 9.40. The third-order valence-corrected chi connectivity index (χ3v) is 1.40. The lowest BCUT2D eigenvalue weighted by atomic mass is 9.84. The van der Waals surface area contributed by atoms with Crippen molar-refractivity contribution in [3.63, 3.8) is 0 Å². The zero-order valence-electron chi connectivity index (χ0n) is 6.83. The van der Waals surface area contributed by atoms with Gasteiger partial charge >= 0.3 is 0 Å². The van der Waals surface area contributed by atoms with E-state index in [9.17, 15) is 0 Å². The summed E-state index contributed by atoms with van der Waals surface area (Å²) < 4.78 is 0. The highest BCUT2D eigenvalue weighted by molar-refractivity contribution is 6.44. The van der Waals surface area contributed by atoms with Crippen molar-refractivity contribution in [1.29, 1.82) is 5.26 Å². The van der Waals surface area contributed by atoms with Crippen LogP contribution in [-0.4, -0.2) is 7.28 Å². The summed E-state index contributed by atoms with van der Waals surface area (Å²) in [6.07, 6.45) is 0. The molecule has 0 aromatic heterocycles. The van der Waals surface area contributed by atoms with Gasteiger partial charge in [0.25, 0.3) is 0 Å². The summed E-state index contributed by atoms with van der Waals surface area (Å²) in [6.45, 7) is 1.86. The van der Waals surface area contributed by atoms with Gasteiger partial charge in [-0.15, -0.1) is 0 Å². The molecule has 1 aromatic carbocycles. The standard InChI is InChI=1S/C10H7BN/c1-11-7-6-9-4-2-3-5-10(9)8-12/h2-5H,1H3. The summed E-state index contributed by atoms with van der Waals surface area (Å²) >= 11 is 0. The lowest BCUT2D eigenvalue weighted by Gasteiger charge is -1.91. The van der Waals surface area contributed by atoms with Crippen LogP contribution in [0.2, 0.25) is 6.82 Å². The van der Waals surface area contributed by atoms with Crippen molar-refractivity contribution < 1.29 is 0 Å². The molecule has 0 atom stereocenters. The van der Waals surface area contributed by atoms with Crippen LogP contribution in [0.3, 0.4) is 0 Å². The topological polar surface area (TPSA) is 23.8 Å². The van der Waals surface area contributed by atoms with Crippen molar-refractivity contribution in [3.8, 4) is 17.8 Å². The van der Waals surface area contributed by atoms with Gasteiger partial charge in [-0.3, -0.25) is 0 Å². The van der Waals surface area contributed by atoms with E-state index in [1.165, 1.54) is 0 Å². The zero-order valence-corrected chi connectivity index (χ0v) is 6.83. The first kappa shape index (κ1) is 8.43. The van der Waals surface area contributed by atoms with Crippen LogP contribution < -0.4 is 0 Å². The Labute approximate surface area is 73.3 Å². The highest BCUT2D eigenvalue weighted by atomic mass is 14.2. The first-order valence-electron chi connectivity index (χ1n) is 3.67. The van der Waals surface area contributed by atoms with Crippen LogP contribution in [0.25, 0.3) is 0 Å². The smallest absolute Gasteiger partial charge is 0.192 e. The van der Waals surface area contributed by atoms with Crippen molar-refractivity contribution in [1.82, 2.24) is 0 Å². The molecule has 12 heavy (non-hydrogen) atoms. The van der Waals surface area contributed by atoms with Gasteiger partial charge in [0, 0.05) is 5.56 Å². The van der Waals surface area contributed by atoms with Gasteiger partial charge in [0.2, 0.25) is 7.28 Å².